The molecule has 0 fully saturated rings. The van der Waals surface area contributed by atoms with Crippen molar-refractivity contribution in [2.75, 3.05) is 0 Å². The molecule has 0 atom stereocenters. The van der Waals surface area contributed by atoms with Gasteiger partial charge in [0.05, 0.1) is 26.8 Å². The van der Waals surface area contributed by atoms with Gasteiger partial charge in [0.25, 0.3) is 0 Å². The third-order valence-corrected chi connectivity index (χ3v) is 4.57. The highest BCUT2D eigenvalue weighted by Gasteiger charge is 2.08. The maximum atomic E-state index is 6.18. The second-order valence-corrected chi connectivity index (χ2v) is 5.84. The van der Waals surface area contributed by atoms with E-state index in [0.717, 1.165) is 17.1 Å². The molecule has 0 radical (unpaired) electrons. The molecule has 0 amide bonds. The molecule has 0 aliphatic heterocycles. The Balaban J connectivity index is 1.86. The van der Waals surface area contributed by atoms with Gasteiger partial charge in [0.1, 0.15) is 5.82 Å². The van der Waals surface area contributed by atoms with Crippen LogP contribution in [0.5, 0.6) is 0 Å². The van der Waals surface area contributed by atoms with E-state index in [0.29, 0.717) is 16.5 Å². The van der Waals surface area contributed by atoms with Crippen LogP contribution < -0.4 is 0 Å². The van der Waals surface area contributed by atoms with Crippen LogP contribution in [0.2, 0.25) is 10.0 Å². The van der Waals surface area contributed by atoms with E-state index in [1.54, 1.807) is 17.4 Å². The van der Waals surface area contributed by atoms with Crippen LogP contribution in [0.1, 0.15) is 11.4 Å². The molecule has 3 rings (SSSR count). The first kappa shape index (κ1) is 12.7. The van der Waals surface area contributed by atoms with Crippen LogP contribution in [0.25, 0.3) is 10.6 Å². The minimum absolute atomic E-state index is 0.573. The van der Waals surface area contributed by atoms with Gasteiger partial charge in [-0.1, -0.05) is 41.4 Å². The van der Waals surface area contributed by atoms with Crippen molar-refractivity contribution < 1.29 is 0 Å². The number of hydrogen-bond acceptors (Lipinski definition) is 2. The third kappa shape index (κ3) is 2.68. The van der Waals surface area contributed by atoms with Crippen molar-refractivity contribution in [3.63, 3.8) is 0 Å². The van der Waals surface area contributed by atoms with Crippen LogP contribution in [-0.4, -0.2) is 9.97 Å². The number of nitrogens with zero attached hydrogens (tertiary/aromatic N) is 1. The minimum Gasteiger partial charge on any atom is -0.341 e. The number of thiophene rings is 1. The quantitative estimate of drug-likeness (QED) is 0.721. The summed E-state index contributed by atoms with van der Waals surface area (Å²) >= 11 is 13.9. The topological polar surface area (TPSA) is 28.7 Å². The summed E-state index contributed by atoms with van der Waals surface area (Å²) in [6, 6.07) is 9.73. The van der Waals surface area contributed by atoms with E-state index in [2.05, 4.69) is 16.0 Å². The van der Waals surface area contributed by atoms with Crippen LogP contribution in [0.3, 0.4) is 0 Å². The summed E-state index contributed by atoms with van der Waals surface area (Å²) in [4.78, 5) is 8.87. The van der Waals surface area contributed by atoms with Gasteiger partial charge in [-0.3, -0.25) is 0 Å². The van der Waals surface area contributed by atoms with Gasteiger partial charge < -0.3 is 4.98 Å². The molecule has 0 aliphatic rings. The molecule has 0 saturated carbocycles. The summed E-state index contributed by atoms with van der Waals surface area (Å²) < 4.78 is 0. The molecule has 0 bridgehead atoms. The molecule has 0 unspecified atom stereocenters. The first-order valence-electron chi connectivity index (χ1n) is 5.74. The summed E-state index contributed by atoms with van der Waals surface area (Å²) in [6.07, 6.45) is 2.49. The van der Waals surface area contributed by atoms with Gasteiger partial charge in [-0.15, -0.1) is 11.3 Å². The number of H-pyrrole nitrogens is 1. The van der Waals surface area contributed by atoms with Crippen molar-refractivity contribution in [3.05, 3.63) is 63.3 Å². The number of benzene rings is 1. The fourth-order valence-corrected chi connectivity index (χ4v) is 2.95. The Bertz CT molecular complexity index is 689. The average molecular weight is 309 g/mol. The highest BCUT2D eigenvalue weighted by Crippen LogP contribution is 2.28. The number of aromatic amines is 1. The summed E-state index contributed by atoms with van der Waals surface area (Å²) in [6.45, 7) is 0. The van der Waals surface area contributed by atoms with Crippen LogP contribution in [0, 0.1) is 0 Å². The van der Waals surface area contributed by atoms with Gasteiger partial charge in [-0.2, -0.15) is 0 Å². The van der Waals surface area contributed by atoms with E-state index < -0.39 is 0 Å². The van der Waals surface area contributed by atoms with Crippen LogP contribution in [0.15, 0.2) is 41.9 Å². The molecule has 5 heteroatoms. The molecule has 0 aliphatic carbocycles. The predicted octanol–water partition coefficient (Wildman–Crippen LogP) is 5.04. The molecular weight excluding hydrogens is 299 g/mol. The first-order valence-corrected chi connectivity index (χ1v) is 7.38. The summed E-state index contributed by atoms with van der Waals surface area (Å²) in [7, 11) is 0. The van der Waals surface area contributed by atoms with Gasteiger partial charge in [0, 0.05) is 6.42 Å². The first-order chi connectivity index (χ1) is 9.24. The van der Waals surface area contributed by atoms with Crippen LogP contribution in [0.4, 0.5) is 0 Å². The van der Waals surface area contributed by atoms with Crippen molar-refractivity contribution in [3.8, 4) is 10.6 Å². The Morgan fingerprint density at radius 2 is 2.05 bits per heavy atom. The van der Waals surface area contributed by atoms with Gasteiger partial charge in [0.15, 0.2) is 0 Å². The summed E-state index contributed by atoms with van der Waals surface area (Å²) in [5.41, 5.74) is 2.00. The third-order valence-electron chi connectivity index (χ3n) is 2.80. The van der Waals surface area contributed by atoms with Crippen molar-refractivity contribution in [1.82, 2.24) is 9.97 Å². The standard InChI is InChI=1S/C14H10Cl2N2S/c15-10-4-1-3-9(14(10)16)7-13-17-8-11(18-13)12-5-2-6-19-12/h1-6,8H,7H2,(H,17,18). The predicted molar refractivity (Wildman–Crippen MR) is 81.2 cm³/mol. The number of halogens is 2. The van der Waals surface area contributed by atoms with Gasteiger partial charge in [-0.05, 0) is 23.1 Å². The van der Waals surface area contributed by atoms with Gasteiger partial charge >= 0.3 is 0 Å². The molecular formula is C14H10Cl2N2S. The van der Waals surface area contributed by atoms with Crippen molar-refractivity contribution in [2.45, 2.75) is 6.42 Å². The zero-order valence-electron chi connectivity index (χ0n) is 9.86. The zero-order valence-corrected chi connectivity index (χ0v) is 12.2. The Hall–Kier alpha value is -1.29. The molecule has 2 nitrogen and oxygen atoms in total. The van der Waals surface area contributed by atoms with E-state index in [9.17, 15) is 0 Å². The van der Waals surface area contributed by atoms with Crippen molar-refractivity contribution >= 4 is 34.5 Å². The molecule has 2 aromatic heterocycles. The molecule has 0 saturated heterocycles. The molecule has 2 heterocycles. The number of nitrogens with one attached hydrogen (secondary N) is 1. The molecule has 0 spiro atoms. The second-order valence-electron chi connectivity index (χ2n) is 4.11. The lowest BCUT2D eigenvalue weighted by atomic mass is 10.1. The van der Waals surface area contributed by atoms with Crippen molar-refractivity contribution in [1.29, 1.82) is 0 Å². The summed E-state index contributed by atoms with van der Waals surface area (Å²) in [5, 5.41) is 3.21. The second kappa shape index (κ2) is 5.37. The van der Waals surface area contributed by atoms with Crippen LogP contribution >= 0.6 is 34.5 Å². The largest absolute Gasteiger partial charge is 0.341 e. The van der Waals surface area contributed by atoms with E-state index in [1.807, 2.05) is 29.8 Å². The smallest absolute Gasteiger partial charge is 0.111 e. The molecule has 3 aromatic rings. The monoisotopic (exact) mass is 308 g/mol. The Labute approximate surface area is 125 Å². The van der Waals surface area contributed by atoms with Crippen LogP contribution in [-0.2, 0) is 6.42 Å². The number of rotatable bonds is 3. The number of aromatic nitrogens is 2. The Kier molecular flexibility index (Phi) is 3.60. The van der Waals surface area contributed by atoms with E-state index in [-0.39, 0.29) is 0 Å². The number of hydrogen-bond donors (Lipinski definition) is 1. The fraction of sp³-hybridized carbons (Fsp3) is 0.0714. The number of imidazole rings is 1. The average Bonchev–Trinajstić information content (AvgIpc) is 3.05. The highest BCUT2D eigenvalue weighted by molar-refractivity contribution is 7.13. The van der Waals surface area contributed by atoms with Crippen molar-refractivity contribution in [2.24, 2.45) is 0 Å². The molecule has 1 aromatic carbocycles. The lowest BCUT2D eigenvalue weighted by molar-refractivity contribution is 1.03. The lowest BCUT2D eigenvalue weighted by Crippen LogP contribution is -1.92. The summed E-state index contributed by atoms with van der Waals surface area (Å²) in [5.74, 6) is 0.882. The molecule has 19 heavy (non-hydrogen) atoms. The van der Waals surface area contributed by atoms with E-state index >= 15 is 0 Å². The maximum absolute atomic E-state index is 6.18. The lowest BCUT2D eigenvalue weighted by Gasteiger charge is -2.03. The van der Waals surface area contributed by atoms with Gasteiger partial charge in [0.2, 0.25) is 0 Å². The SMILES string of the molecule is Clc1cccc(Cc2ncc(-c3cccs3)[nH]2)c1Cl. The van der Waals surface area contributed by atoms with E-state index in [4.69, 9.17) is 23.2 Å². The molecule has 1 N–H and O–H groups in total. The Morgan fingerprint density at radius 1 is 1.16 bits per heavy atom. The maximum Gasteiger partial charge on any atom is 0.111 e. The van der Waals surface area contributed by atoms with Gasteiger partial charge in [-0.25, -0.2) is 4.98 Å². The Morgan fingerprint density at radius 3 is 2.84 bits per heavy atom. The zero-order chi connectivity index (χ0) is 13.2. The fourth-order valence-electron chi connectivity index (χ4n) is 1.87. The van der Waals surface area contributed by atoms with E-state index in [1.165, 1.54) is 4.88 Å². The highest BCUT2D eigenvalue weighted by atomic mass is 35.5. The minimum atomic E-state index is 0.573. The normalized spacial score (nSPS) is 10.8. The molecule has 96 valence electrons.